The van der Waals surface area contributed by atoms with Gasteiger partial charge in [0.25, 0.3) is 0 Å². The number of alkyl halides is 1. The average molecular weight is 280 g/mol. The number of aryl methyl sites for hydroxylation is 2. The highest BCUT2D eigenvalue weighted by molar-refractivity contribution is 6.21. The summed E-state index contributed by atoms with van der Waals surface area (Å²) in [7, 11) is 0. The molecule has 1 saturated heterocycles. The van der Waals surface area contributed by atoms with Crippen molar-refractivity contribution >= 4 is 17.5 Å². The van der Waals surface area contributed by atoms with Gasteiger partial charge in [0, 0.05) is 19.5 Å². The van der Waals surface area contributed by atoms with E-state index in [1.54, 1.807) is 0 Å². The number of carbonyl (C=O) groups is 1. The smallest absolute Gasteiger partial charge is 0.222 e. The Kier molecular flexibility index (Phi) is 4.87. The second kappa shape index (κ2) is 6.42. The minimum atomic E-state index is 0.108. The standard InChI is InChI=1S/C16H22ClNO/c1-12-4-3-5-14(10-12)6-7-16(19)18-9-8-13(2)15(17)11-18/h3-5,10,13,15H,6-9,11H2,1-2H3. The molecule has 2 unspecified atom stereocenters. The summed E-state index contributed by atoms with van der Waals surface area (Å²) < 4.78 is 0. The lowest BCUT2D eigenvalue weighted by atomic mass is 9.98. The molecule has 1 fully saturated rings. The largest absolute Gasteiger partial charge is 0.341 e. The minimum Gasteiger partial charge on any atom is -0.341 e. The van der Waals surface area contributed by atoms with Crippen LogP contribution >= 0.6 is 11.6 Å². The molecule has 0 aliphatic carbocycles. The monoisotopic (exact) mass is 279 g/mol. The molecule has 1 aromatic carbocycles. The number of rotatable bonds is 3. The third-order valence-electron chi connectivity index (χ3n) is 3.93. The van der Waals surface area contributed by atoms with E-state index in [4.69, 9.17) is 11.6 Å². The molecule has 1 amide bonds. The molecule has 3 heteroatoms. The van der Waals surface area contributed by atoms with Crippen LogP contribution in [-0.4, -0.2) is 29.3 Å². The highest BCUT2D eigenvalue weighted by Crippen LogP contribution is 2.22. The van der Waals surface area contributed by atoms with Crippen LogP contribution in [0.1, 0.15) is 30.9 Å². The van der Waals surface area contributed by atoms with Crippen molar-refractivity contribution in [3.05, 3.63) is 35.4 Å². The zero-order chi connectivity index (χ0) is 13.8. The first-order valence-electron chi connectivity index (χ1n) is 7.03. The molecule has 1 aliphatic heterocycles. The van der Waals surface area contributed by atoms with Crippen molar-refractivity contribution in [1.29, 1.82) is 0 Å². The Balaban J connectivity index is 1.84. The summed E-state index contributed by atoms with van der Waals surface area (Å²) in [6.07, 6.45) is 2.42. The quantitative estimate of drug-likeness (QED) is 0.777. The zero-order valence-electron chi connectivity index (χ0n) is 11.7. The van der Waals surface area contributed by atoms with Crippen LogP contribution in [0.3, 0.4) is 0 Å². The first-order valence-corrected chi connectivity index (χ1v) is 7.47. The van der Waals surface area contributed by atoms with E-state index in [1.165, 1.54) is 11.1 Å². The van der Waals surface area contributed by atoms with E-state index in [9.17, 15) is 4.79 Å². The zero-order valence-corrected chi connectivity index (χ0v) is 12.5. The van der Waals surface area contributed by atoms with Gasteiger partial charge in [-0.2, -0.15) is 0 Å². The number of hydrogen-bond donors (Lipinski definition) is 0. The fourth-order valence-electron chi connectivity index (χ4n) is 2.53. The molecule has 2 atom stereocenters. The molecular formula is C16H22ClNO. The maximum absolute atomic E-state index is 12.2. The molecule has 2 nitrogen and oxygen atoms in total. The molecule has 0 saturated carbocycles. The van der Waals surface area contributed by atoms with Crippen LogP contribution in [0.25, 0.3) is 0 Å². The van der Waals surface area contributed by atoms with Crippen molar-refractivity contribution in [2.45, 2.75) is 38.5 Å². The highest BCUT2D eigenvalue weighted by atomic mass is 35.5. The molecule has 1 heterocycles. The number of likely N-dealkylation sites (tertiary alicyclic amines) is 1. The molecule has 2 rings (SSSR count). The van der Waals surface area contributed by atoms with E-state index in [-0.39, 0.29) is 11.3 Å². The van der Waals surface area contributed by atoms with Gasteiger partial charge in [-0.3, -0.25) is 4.79 Å². The van der Waals surface area contributed by atoms with Gasteiger partial charge in [-0.05, 0) is 31.2 Å². The lowest BCUT2D eigenvalue weighted by molar-refractivity contribution is -0.132. The Morgan fingerprint density at radius 1 is 1.47 bits per heavy atom. The summed E-state index contributed by atoms with van der Waals surface area (Å²) in [6.45, 7) is 5.80. The second-order valence-electron chi connectivity index (χ2n) is 5.61. The van der Waals surface area contributed by atoms with Crippen LogP contribution in [0.5, 0.6) is 0 Å². The van der Waals surface area contributed by atoms with Crippen LogP contribution in [-0.2, 0) is 11.2 Å². The van der Waals surface area contributed by atoms with Gasteiger partial charge in [0.05, 0.1) is 5.38 Å². The lowest BCUT2D eigenvalue weighted by Gasteiger charge is -2.34. The Labute approximate surface area is 120 Å². The molecule has 0 radical (unpaired) electrons. The molecule has 19 heavy (non-hydrogen) atoms. The first-order chi connectivity index (χ1) is 9.06. The molecule has 0 spiro atoms. The summed E-state index contributed by atoms with van der Waals surface area (Å²) in [5.41, 5.74) is 2.48. The van der Waals surface area contributed by atoms with E-state index in [0.29, 0.717) is 18.9 Å². The van der Waals surface area contributed by atoms with Gasteiger partial charge in [0.2, 0.25) is 5.91 Å². The molecular weight excluding hydrogens is 258 g/mol. The van der Waals surface area contributed by atoms with Crippen LogP contribution in [0.2, 0.25) is 0 Å². The summed E-state index contributed by atoms with van der Waals surface area (Å²) in [4.78, 5) is 14.1. The topological polar surface area (TPSA) is 20.3 Å². The number of benzene rings is 1. The van der Waals surface area contributed by atoms with Crippen LogP contribution in [0, 0.1) is 12.8 Å². The van der Waals surface area contributed by atoms with Crippen molar-refractivity contribution in [2.75, 3.05) is 13.1 Å². The SMILES string of the molecule is Cc1cccc(CCC(=O)N2CCC(C)C(Cl)C2)c1. The predicted octanol–water partition coefficient (Wildman–Crippen LogP) is 3.40. The normalized spacial score (nSPS) is 23.4. The van der Waals surface area contributed by atoms with E-state index < -0.39 is 0 Å². The van der Waals surface area contributed by atoms with Crippen LogP contribution < -0.4 is 0 Å². The van der Waals surface area contributed by atoms with Gasteiger partial charge in [-0.1, -0.05) is 36.8 Å². The third-order valence-corrected chi connectivity index (χ3v) is 4.50. The first kappa shape index (κ1) is 14.4. The maximum atomic E-state index is 12.2. The summed E-state index contributed by atoms with van der Waals surface area (Å²) in [6, 6.07) is 8.36. The van der Waals surface area contributed by atoms with E-state index in [1.807, 2.05) is 11.0 Å². The Bertz CT molecular complexity index is 446. The van der Waals surface area contributed by atoms with Gasteiger partial charge < -0.3 is 4.90 Å². The van der Waals surface area contributed by atoms with Crippen molar-refractivity contribution in [1.82, 2.24) is 4.90 Å². The van der Waals surface area contributed by atoms with Gasteiger partial charge in [-0.25, -0.2) is 0 Å². The van der Waals surface area contributed by atoms with Crippen molar-refractivity contribution in [3.63, 3.8) is 0 Å². The van der Waals surface area contributed by atoms with Crippen molar-refractivity contribution < 1.29 is 4.79 Å². The van der Waals surface area contributed by atoms with Crippen LogP contribution in [0.4, 0.5) is 0 Å². The molecule has 0 bridgehead atoms. The van der Waals surface area contributed by atoms with Gasteiger partial charge >= 0.3 is 0 Å². The fraction of sp³-hybridized carbons (Fsp3) is 0.562. The third kappa shape index (κ3) is 3.97. The van der Waals surface area contributed by atoms with E-state index in [0.717, 1.165) is 19.4 Å². The summed E-state index contributed by atoms with van der Waals surface area (Å²) in [5.74, 6) is 0.751. The number of halogens is 1. The summed E-state index contributed by atoms with van der Waals surface area (Å²) >= 11 is 6.25. The highest BCUT2D eigenvalue weighted by Gasteiger charge is 2.26. The fourth-order valence-corrected chi connectivity index (χ4v) is 2.82. The molecule has 0 aromatic heterocycles. The minimum absolute atomic E-state index is 0.108. The predicted molar refractivity (Wildman–Crippen MR) is 79.5 cm³/mol. The Morgan fingerprint density at radius 2 is 2.26 bits per heavy atom. The van der Waals surface area contributed by atoms with E-state index >= 15 is 0 Å². The Hall–Kier alpha value is -1.02. The Morgan fingerprint density at radius 3 is 2.95 bits per heavy atom. The van der Waals surface area contributed by atoms with Crippen LogP contribution in [0.15, 0.2) is 24.3 Å². The van der Waals surface area contributed by atoms with E-state index in [2.05, 4.69) is 32.0 Å². The number of nitrogens with zero attached hydrogens (tertiary/aromatic N) is 1. The number of carbonyl (C=O) groups excluding carboxylic acids is 1. The van der Waals surface area contributed by atoms with Gasteiger partial charge in [0.1, 0.15) is 0 Å². The second-order valence-corrected chi connectivity index (χ2v) is 6.17. The number of hydrogen-bond acceptors (Lipinski definition) is 1. The maximum Gasteiger partial charge on any atom is 0.222 e. The van der Waals surface area contributed by atoms with Crippen molar-refractivity contribution in [2.24, 2.45) is 5.92 Å². The molecule has 1 aromatic rings. The van der Waals surface area contributed by atoms with Gasteiger partial charge in [0.15, 0.2) is 0 Å². The lowest BCUT2D eigenvalue weighted by Crippen LogP contribution is -2.43. The van der Waals surface area contributed by atoms with Gasteiger partial charge in [-0.15, -0.1) is 11.6 Å². The molecule has 0 N–H and O–H groups in total. The average Bonchev–Trinajstić information content (AvgIpc) is 2.39. The summed E-state index contributed by atoms with van der Waals surface area (Å²) in [5, 5.41) is 0.108. The molecule has 104 valence electrons. The number of amides is 1. The van der Waals surface area contributed by atoms with Crippen molar-refractivity contribution in [3.8, 4) is 0 Å². The molecule has 1 aliphatic rings. The number of piperidine rings is 1.